The SMILES string of the molecule is c1ccc(N(c2ccc3c(c2)-c2ccccc2C32c3ccccc3-c3ccc(N(c4ccccc4)c4ccccc4)cc32)c2ccc3c(c2)C(c2ccccc2)(c2ccccc2)c2ccccc2-3)cc1. The van der Waals surface area contributed by atoms with Crippen LogP contribution in [0.4, 0.5) is 34.1 Å². The smallest absolute Gasteiger partial charge is 0.0726 e. The Bertz CT molecular complexity index is 3690. The number of para-hydroxylation sites is 3. The predicted molar refractivity (Wildman–Crippen MR) is 289 cm³/mol. The molecule has 1 spiro atoms. The van der Waals surface area contributed by atoms with Gasteiger partial charge in [-0.2, -0.15) is 0 Å². The van der Waals surface area contributed by atoms with E-state index in [1.54, 1.807) is 0 Å². The highest BCUT2D eigenvalue weighted by atomic mass is 15.1. The van der Waals surface area contributed by atoms with Crippen molar-refractivity contribution in [3.05, 3.63) is 324 Å². The van der Waals surface area contributed by atoms with E-state index in [0.717, 1.165) is 34.1 Å². The summed E-state index contributed by atoms with van der Waals surface area (Å²) in [6.45, 7) is 0. The van der Waals surface area contributed by atoms with Gasteiger partial charge in [0.05, 0.1) is 10.8 Å². The zero-order valence-corrected chi connectivity index (χ0v) is 38.5. The molecule has 2 heteroatoms. The summed E-state index contributed by atoms with van der Waals surface area (Å²) in [6, 6.07) is 103. The first-order valence-corrected chi connectivity index (χ1v) is 24.3. The van der Waals surface area contributed by atoms with Crippen LogP contribution in [0.1, 0.15) is 44.5 Å². The summed E-state index contributed by atoms with van der Waals surface area (Å²) < 4.78 is 0. The molecule has 0 amide bonds. The third kappa shape index (κ3) is 5.68. The van der Waals surface area contributed by atoms with Crippen LogP contribution >= 0.6 is 0 Å². The molecule has 14 rings (SSSR count). The molecule has 11 aromatic carbocycles. The first-order chi connectivity index (χ1) is 34.7. The Morgan fingerprint density at radius 3 is 0.943 bits per heavy atom. The number of hydrogen-bond acceptors (Lipinski definition) is 2. The first kappa shape index (κ1) is 40.1. The normalized spacial score (nSPS) is 15.0. The second-order valence-electron chi connectivity index (χ2n) is 18.7. The number of hydrogen-bond donors (Lipinski definition) is 0. The summed E-state index contributed by atoms with van der Waals surface area (Å²) in [7, 11) is 0. The Hall–Kier alpha value is -8.98. The van der Waals surface area contributed by atoms with Gasteiger partial charge in [0.2, 0.25) is 0 Å². The molecule has 3 aliphatic rings. The fraction of sp³-hybridized carbons (Fsp3) is 0.0294. The maximum Gasteiger partial charge on any atom is 0.0726 e. The van der Waals surface area contributed by atoms with E-state index in [0.29, 0.717) is 0 Å². The van der Waals surface area contributed by atoms with Gasteiger partial charge in [0.1, 0.15) is 0 Å². The van der Waals surface area contributed by atoms with Gasteiger partial charge in [-0.15, -0.1) is 0 Å². The van der Waals surface area contributed by atoms with Crippen molar-refractivity contribution in [2.45, 2.75) is 10.8 Å². The minimum atomic E-state index is -0.534. The lowest BCUT2D eigenvalue weighted by Crippen LogP contribution is -2.28. The van der Waals surface area contributed by atoms with Crippen LogP contribution in [0, 0.1) is 0 Å². The highest BCUT2D eigenvalue weighted by Crippen LogP contribution is 2.64. The molecule has 0 N–H and O–H groups in total. The largest absolute Gasteiger partial charge is 0.310 e. The summed E-state index contributed by atoms with van der Waals surface area (Å²) in [5.41, 5.74) is 23.6. The fourth-order valence-corrected chi connectivity index (χ4v) is 12.6. The summed E-state index contributed by atoms with van der Waals surface area (Å²) in [5.74, 6) is 0. The minimum absolute atomic E-state index is 0.519. The second kappa shape index (κ2) is 15.8. The van der Waals surface area contributed by atoms with Gasteiger partial charge in [-0.1, -0.05) is 206 Å². The van der Waals surface area contributed by atoms with E-state index in [2.05, 4.69) is 289 Å². The molecule has 0 heterocycles. The van der Waals surface area contributed by atoms with Crippen LogP contribution in [-0.4, -0.2) is 0 Å². The molecule has 0 saturated heterocycles. The number of fused-ring (bicyclic) bond motifs is 13. The van der Waals surface area contributed by atoms with Gasteiger partial charge in [-0.05, 0) is 151 Å². The zero-order chi connectivity index (χ0) is 46.2. The van der Waals surface area contributed by atoms with Crippen LogP contribution in [0.2, 0.25) is 0 Å². The van der Waals surface area contributed by atoms with Crippen molar-refractivity contribution in [3.63, 3.8) is 0 Å². The molecule has 328 valence electrons. The summed E-state index contributed by atoms with van der Waals surface area (Å²) in [4.78, 5) is 4.85. The lowest BCUT2D eigenvalue weighted by Gasteiger charge is -2.35. The fourth-order valence-electron chi connectivity index (χ4n) is 12.6. The molecular weight excluding hydrogens is 845 g/mol. The van der Waals surface area contributed by atoms with E-state index < -0.39 is 10.8 Å². The van der Waals surface area contributed by atoms with Gasteiger partial charge < -0.3 is 9.80 Å². The maximum absolute atomic E-state index is 2.47. The molecule has 3 aliphatic carbocycles. The molecule has 0 bridgehead atoms. The van der Waals surface area contributed by atoms with Crippen LogP contribution in [0.5, 0.6) is 0 Å². The molecule has 1 atom stereocenters. The van der Waals surface area contributed by atoms with E-state index >= 15 is 0 Å². The summed E-state index contributed by atoms with van der Waals surface area (Å²) in [6.07, 6.45) is 0. The molecule has 0 aliphatic heterocycles. The number of rotatable bonds is 8. The Kier molecular flexibility index (Phi) is 9.06. The van der Waals surface area contributed by atoms with Crippen LogP contribution in [0.3, 0.4) is 0 Å². The minimum Gasteiger partial charge on any atom is -0.310 e. The van der Waals surface area contributed by atoms with Crippen molar-refractivity contribution in [1.29, 1.82) is 0 Å². The van der Waals surface area contributed by atoms with Crippen LogP contribution in [0.25, 0.3) is 33.4 Å². The number of benzene rings is 11. The summed E-state index contributed by atoms with van der Waals surface area (Å²) >= 11 is 0. The van der Waals surface area contributed by atoms with Crippen molar-refractivity contribution >= 4 is 34.1 Å². The number of anilines is 6. The van der Waals surface area contributed by atoms with Gasteiger partial charge in [-0.3, -0.25) is 0 Å². The quantitative estimate of drug-likeness (QED) is 0.150. The van der Waals surface area contributed by atoms with Crippen molar-refractivity contribution in [2.24, 2.45) is 0 Å². The molecule has 1 unspecified atom stereocenters. The Morgan fingerprint density at radius 1 is 0.186 bits per heavy atom. The van der Waals surface area contributed by atoms with Crippen LogP contribution in [-0.2, 0) is 10.8 Å². The standard InChI is InChI=1S/C68H46N2/c1-6-22-47(23-7-1)67(48-24-8-2-9-25-48)61-35-19-16-32-55(61)58-41-39-54(45-65(58)67)70(51-30-14-5-15-31-51)52-40-43-64-60(44-52)57-34-18-21-37-63(57)68(64)62-36-20-17-33-56(62)59-42-38-53(46-66(59)68)69(49-26-10-3-11-27-49)50-28-12-4-13-29-50/h1-46H. The van der Waals surface area contributed by atoms with Gasteiger partial charge in [0.15, 0.2) is 0 Å². The average Bonchev–Trinajstić information content (AvgIpc) is 4.02. The molecule has 11 aromatic rings. The number of nitrogens with zero attached hydrogens (tertiary/aromatic N) is 2. The molecular formula is C68H46N2. The molecule has 0 fully saturated rings. The van der Waals surface area contributed by atoms with Gasteiger partial charge in [-0.25, -0.2) is 0 Å². The first-order valence-electron chi connectivity index (χ1n) is 24.3. The average molecular weight is 891 g/mol. The zero-order valence-electron chi connectivity index (χ0n) is 38.5. The van der Waals surface area contributed by atoms with Gasteiger partial charge in [0, 0.05) is 34.1 Å². The second-order valence-corrected chi connectivity index (χ2v) is 18.7. The molecule has 0 saturated carbocycles. The van der Waals surface area contributed by atoms with E-state index in [4.69, 9.17) is 0 Å². The van der Waals surface area contributed by atoms with E-state index in [9.17, 15) is 0 Å². The van der Waals surface area contributed by atoms with Crippen molar-refractivity contribution in [2.75, 3.05) is 9.80 Å². The van der Waals surface area contributed by atoms with Crippen molar-refractivity contribution in [1.82, 2.24) is 0 Å². The highest BCUT2D eigenvalue weighted by Gasteiger charge is 2.52. The van der Waals surface area contributed by atoms with Crippen LogP contribution in [0.15, 0.2) is 279 Å². The molecule has 0 aromatic heterocycles. The van der Waals surface area contributed by atoms with Gasteiger partial charge >= 0.3 is 0 Å². The van der Waals surface area contributed by atoms with Crippen LogP contribution < -0.4 is 9.80 Å². The van der Waals surface area contributed by atoms with Crippen molar-refractivity contribution in [3.8, 4) is 33.4 Å². The Labute approximate surface area is 409 Å². The van der Waals surface area contributed by atoms with E-state index in [1.165, 1.54) is 77.9 Å². The van der Waals surface area contributed by atoms with E-state index in [-0.39, 0.29) is 0 Å². The third-order valence-corrected chi connectivity index (χ3v) is 15.3. The molecule has 70 heavy (non-hydrogen) atoms. The summed E-state index contributed by atoms with van der Waals surface area (Å²) in [5, 5.41) is 0. The third-order valence-electron chi connectivity index (χ3n) is 15.3. The lowest BCUT2D eigenvalue weighted by atomic mass is 9.67. The van der Waals surface area contributed by atoms with Crippen molar-refractivity contribution < 1.29 is 0 Å². The maximum atomic E-state index is 2.47. The topological polar surface area (TPSA) is 6.48 Å². The van der Waals surface area contributed by atoms with E-state index in [1.807, 2.05) is 0 Å². The molecule has 2 nitrogen and oxygen atoms in total. The highest BCUT2D eigenvalue weighted by molar-refractivity contribution is 5.98. The lowest BCUT2D eigenvalue weighted by molar-refractivity contribution is 0.768. The Balaban J connectivity index is 0.987. The monoisotopic (exact) mass is 890 g/mol. The molecule has 0 radical (unpaired) electrons. The van der Waals surface area contributed by atoms with Gasteiger partial charge in [0.25, 0.3) is 0 Å². The predicted octanol–water partition coefficient (Wildman–Crippen LogP) is 17.3. The Morgan fingerprint density at radius 2 is 0.486 bits per heavy atom.